The second-order valence-corrected chi connectivity index (χ2v) is 7.86. The van der Waals surface area contributed by atoms with Crippen LogP contribution < -0.4 is 5.32 Å². The molecule has 1 amide bonds. The molecule has 0 spiro atoms. The highest BCUT2D eigenvalue weighted by Gasteiger charge is 2.44. The lowest BCUT2D eigenvalue weighted by atomic mass is 10.1. The number of carbonyl (C=O) groups excluding carboxylic acids is 1. The SMILES string of the molecule is Cc1cc(NC(=O)C2CC2c2ccc(Cl)cc2)nn1Cc1c(F)cccc1Cl. The molecule has 4 nitrogen and oxygen atoms in total. The number of carbonyl (C=O) groups is 1. The summed E-state index contributed by atoms with van der Waals surface area (Å²) in [7, 11) is 0. The van der Waals surface area contributed by atoms with Gasteiger partial charge in [-0.1, -0.05) is 41.4 Å². The molecule has 1 saturated carbocycles. The fourth-order valence-electron chi connectivity index (χ4n) is 3.35. The van der Waals surface area contributed by atoms with Crippen molar-refractivity contribution in [2.24, 2.45) is 5.92 Å². The number of hydrogen-bond acceptors (Lipinski definition) is 2. The summed E-state index contributed by atoms with van der Waals surface area (Å²) < 4.78 is 15.7. The zero-order valence-corrected chi connectivity index (χ0v) is 16.6. The second-order valence-electron chi connectivity index (χ2n) is 7.02. The third-order valence-electron chi connectivity index (χ3n) is 5.03. The summed E-state index contributed by atoms with van der Waals surface area (Å²) in [6.45, 7) is 2.05. The molecule has 2 atom stereocenters. The van der Waals surface area contributed by atoms with Crippen molar-refractivity contribution in [3.8, 4) is 0 Å². The lowest BCUT2D eigenvalue weighted by Crippen LogP contribution is -2.15. The average molecular weight is 418 g/mol. The normalized spacial score (nSPS) is 18.1. The smallest absolute Gasteiger partial charge is 0.229 e. The summed E-state index contributed by atoms with van der Waals surface area (Å²) in [6, 6.07) is 13.9. The summed E-state index contributed by atoms with van der Waals surface area (Å²) in [5.41, 5.74) is 2.29. The number of amides is 1. The topological polar surface area (TPSA) is 46.9 Å². The maximum Gasteiger partial charge on any atom is 0.229 e. The van der Waals surface area contributed by atoms with E-state index in [1.807, 2.05) is 31.2 Å². The first-order valence-corrected chi connectivity index (χ1v) is 9.71. The molecule has 28 heavy (non-hydrogen) atoms. The van der Waals surface area contributed by atoms with Crippen LogP contribution in [0.2, 0.25) is 10.0 Å². The molecule has 0 saturated heterocycles. The first kappa shape index (κ1) is 19.0. The number of aromatic nitrogens is 2. The zero-order valence-electron chi connectivity index (χ0n) is 15.1. The predicted octanol–water partition coefficient (Wildman–Crippen LogP) is 5.43. The molecule has 0 aliphatic heterocycles. The Balaban J connectivity index is 1.43. The van der Waals surface area contributed by atoms with Crippen LogP contribution in [0, 0.1) is 18.7 Å². The van der Waals surface area contributed by atoms with Gasteiger partial charge in [0.05, 0.1) is 6.54 Å². The number of hydrogen-bond donors (Lipinski definition) is 1. The molecule has 1 aliphatic carbocycles. The van der Waals surface area contributed by atoms with E-state index in [2.05, 4.69) is 10.4 Å². The molecular weight excluding hydrogens is 400 g/mol. The van der Waals surface area contributed by atoms with Gasteiger partial charge in [0.2, 0.25) is 5.91 Å². The molecule has 3 aromatic rings. The third kappa shape index (κ3) is 3.91. The molecule has 0 bridgehead atoms. The van der Waals surface area contributed by atoms with Gasteiger partial charge >= 0.3 is 0 Å². The number of halogens is 3. The Morgan fingerprint density at radius 2 is 2.00 bits per heavy atom. The van der Waals surface area contributed by atoms with Gasteiger partial charge in [-0.15, -0.1) is 0 Å². The third-order valence-corrected chi connectivity index (χ3v) is 5.63. The summed E-state index contributed by atoms with van der Waals surface area (Å²) in [5, 5.41) is 8.29. The summed E-state index contributed by atoms with van der Waals surface area (Å²) in [6.07, 6.45) is 0.804. The van der Waals surface area contributed by atoms with Crippen molar-refractivity contribution in [3.63, 3.8) is 0 Å². The largest absolute Gasteiger partial charge is 0.309 e. The van der Waals surface area contributed by atoms with Gasteiger partial charge in [0, 0.05) is 33.3 Å². The van der Waals surface area contributed by atoms with Gasteiger partial charge in [-0.2, -0.15) is 5.10 Å². The van der Waals surface area contributed by atoms with Crippen LogP contribution in [0.1, 0.15) is 29.2 Å². The van der Waals surface area contributed by atoms with Crippen LogP contribution in [0.15, 0.2) is 48.5 Å². The predicted molar refractivity (Wildman–Crippen MR) is 108 cm³/mol. The van der Waals surface area contributed by atoms with Crippen molar-refractivity contribution in [1.82, 2.24) is 9.78 Å². The fourth-order valence-corrected chi connectivity index (χ4v) is 3.70. The quantitative estimate of drug-likeness (QED) is 0.601. The summed E-state index contributed by atoms with van der Waals surface area (Å²) in [4.78, 5) is 12.5. The molecule has 7 heteroatoms. The van der Waals surface area contributed by atoms with E-state index < -0.39 is 0 Å². The van der Waals surface area contributed by atoms with Gasteiger partial charge in [-0.25, -0.2) is 4.39 Å². The second kappa shape index (κ2) is 7.57. The van der Waals surface area contributed by atoms with Crippen LogP contribution in [-0.2, 0) is 11.3 Å². The van der Waals surface area contributed by atoms with E-state index in [1.165, 1.54) is 6.07 Å². The Morgan fingerprint density at radius 3 is 2.71 bits per heavy atom. The van der Waals surface area contributed by atoms with E-state index in [9.17, 15) is 9.18 Å². The van der Waals surface area contributed by atoms with Crippen molar-refractivity contribution in [2.75, 3.05) is 5.32 Å². The standard InChI is InChI=1S/C21H18Cl2FN3O/c1-12-9-20(26-27(12)11-17-18(23)3-2-4-19(17)24)25-21(28)16-10-15(16)13-5-7-14(22)8-6-13/h2-9,15-16H,10-11H2,1H3,(H,25,26,28). The Labute approximate surface area is 172 Å². The Morgan fingerprint density at radius 1 is 1.25 bits per heavy atom. The van der Waals surface area contributed by atoms with E-state index >= 15 is 0 Å². The van der Waals surface area contributed by atoms with Crippen LogP contribution in [-0.4, -0.2) is 15.7 Å². The van der Waals surface area contributed by atoms with Crippen molar-refractivity contribution in [2.45, 2.75) is 25.8 Å². The molecule has 4 rings (SSSR count). The molecule has 1 aliphatic rings. The highest BCUT2D eigenvalue weighted by Crippen LogP contribution is 2.48. The minimum atomic E-state index is -0.378. The van der Waals surface area contributed by atoms with Crippen molar-refractivity contribution in [3.05, 3.63) is 81.2 Å². The number of anilines is 1. The van der Waals surface area contributed by atoms with Crippen LogP contribution in [0.4, 0.5) is 10.2 Å². The highest BCUT2D eigenvalue weighted by molar-refractivity contribution is 6.31. The van der Waals surface area contributed by atoms with Gasteiger partial charge in [0.1, 0.15) is 5.82 Å². The Bertz CT molecular complexity index is 1010. The first-order chi connectivity index (χ1) is 13.4. The van der Waals surface area contributed by atoms with Crippen LogP contribution >= 0.6 is 23.2 Å². The van der Waals surface area contributed by atoms with Crippen molar-refractivity contribution >= 4 is 34.9 Å². The molecule has 2 aromatic carbocycles. The lowest BCUT2D eigenvalue weighted by Gasteiger charge is -2.07. The molecule has 0 radical (unpaired) electrons. The van der Waals surface area contributed by atoms with Gasteiger partial charge in [-0.3, -0.25) is 9.48 Å². The fraction of sp³-hybridized carbons (Fsp3) is 0.238. The molecular formula is C21H18Cl2FN3O. The maximum atomic E-state index is 14.0. The number of nitrogens with zero attached hydrogens (tertiary/aromatic N) is 2. The Hall–Kier alpha value is -2.37. The van der Waals surface area contributed by atoms with E-state index in [1.54, 1.807) is 22.9 Å². The average Bonchev–Trinajstić information content (AvgIpc) is 3.38. The molecule has 1 heterocycles. The monoisotopic (exact) mass is 417 g/mol. The Kier molecular flexibility index (Phi) is 5.13. The molecule has 1 N–H and O–H groups in total. The minimum Gasteiger partial charge on any atom is -0.309 e. The highest BCUT2D eigenvalue weighted by atomic mass is 35.5. The summed E-state index contributed by atoms with van der Waals surface area (Å²) >= 11 is 12.0. The molecule has 1 fully saturated rings. The van der Waals surface area contributed by atoms with E-state index in [4.69, 9.17) is 23.2 Å². The van der Waals surface area contributed by atoms with Crippen LogP contribution in [0.25, 0.3) is 0 Å². The van der Waals surface area contributed by atoms with E-state index in [0.717, 1.165) is 17.7 Å². The maximum absolute atomic E-state index is 14.0. The minimum absolute atomic E-state index is 0.0616. The van der Waals surface area contributed by atoms with Crippen molar-refractivity contribution in [1.29, 1.82) is 0 Å². The number of benzene rings is 2. The zero-order chi connectivity index (χ0) is 19.8. The first-order valence-electron chi connectivity index (χ1n) is 8.96. The number of nitrogens with one attached hydrogen (secondary N) is 1. The van der Waals surface area contributed by atoms with Crippen LogP contribution in [0.3, 0.4) is 0 Å². The molecule has 2 unspecified atom stereocenters. The van der Waals surface area contributed by atoms with Gasteiger partial charge in [0.15, 0.2) is 5.82 Å². The molecule has 144 valence electrons. The van der Waals surface area contributed by atoms with E-state index in [-0.39, 0.29) is 30.1 Å². The van der Waals surface area contributed by atoms with Gasteiger partial charge in [-0.05, 0) is 49.1 Å². The van der Waals surface area contributed by atoms with E-state index in [0.29, 0.717) is 21.4 Å². The number of aryl methyl sites for hydroxylation is 1. The van der Waals surface area contributed by atoms with Gasteiger partial charge < -0.3 is 5.32 Å². The van der Waals surface area contributed by atoms with Crippen LogP contribution in [0.5, 0.6) is 0 Å². The number of rotatable bonds is 5. The summed E-state index contributed by atoms with van der Waals surface area (Å²) in [5.74, 6) is 0.146. The van der Waals surface area contributed by atoms with Gasteiger partial charge in [0.25, 0.3) is 0 Å². The van der Waals surface area contributed by atoms with Crippen molar-refractivity contribution < 1.29 is 9.18 Å². The molecule has 1 aromatic heterocycles. The lowest BCUT2D eigenvalue weighted by molar-refractivity contribution is -0.117.